The molecule has 84 valence electrons. The van der Waals surface area contributed by atoms with Crippen LogP contribution >= 0.6 is 11.6 Å². The van der Waals surface area contributed by atoms with Crippen LogP contribution in [0.2, 0.25) is 5.02 Å². The van der Waals surface area contributed by atoms with Crippen LogP contribution in [0.5, 0.6) is 0 Å². The number of rotatable bonds is 3. The molecule has 1 aromatic rings. The fraction of sp³-hybridized carbons (Fsp3) is 0.273. The Balaban J connectivity index is 3.00. The highest BCUT2D eigenvalue weighted by atomic mass is 35.5. The molecule has 1 rings (SSSR count). The minimum absolute atomic E-state index is 0.0749. The van der Waals surface area contributed by atoms with Crippen molar-refractivity contribution in [1.29, 1.82) is 5.26 Å². The van der Waals surface area contributed by atoms with Crippen molar-refractivity contribution >= 4 is 23.3 Å². The smallest absolute Gasteiger partial charge is 0.325 e. The molecular formula is C11H11ClN2O2. The summed E-state index contributed by atoms with van der Waals surface area (Å²) in [6.07, 6.45) is 0. The Kier molecular flexibility index (Phi) is 4.15. The van der Waals surface area contributed by atoms with E-state index in [1.807, 2.05) is 6.07 Å². The number of hydrogen-bond donors (Lipinski definition) is 0. The number of halogens is 1. The lowest BCUT2D eigenvalue weighted by molar-refractivity contribution is -0.138. The molecular weight excluding hydrogens is 228 g/mol. The van der Waals surface area contributed by atoms with Gasteiger partial charge in [0.2, 0.25) is 0 Å². The monoisotopic (exact) mass is 238 g/mol. The Morgan fingerprint density at radius 1 is 1.62 bits per heavy atom. The summed E-state index contributed by atoms with van der Waals surface area (Å²) in [5.74, 6) is -0.369. The summed E-state index contributed by atoms with van der Waals surface area (Å²) in [5, 5.41) is 9.33. The van der Waals surface area contributed by atoms with Gasteiger partial charge in [-0.15, -0.1) is 0 Å². The molecule has 0 atom stereocenters. The van der Waals surface area contributed by atoms with Crippen LogP contribution in [0.25, 0.3) is 0 Å². The Bertz CT molecular complexity index is 440. The van der Waals surface area contributed by atoms with Gasteiger partial charge in [0.25, 0.3) is 0 Å². The first-order valence-corrected chi connectivity index (χ1v) is 4.94. The zero-order chi connectivity index (χ0) is 12.1. The molecule has 4 nitrogen and oxygen atoms in total. The molecule has 0 N–H and O–H groups in total. The highest BCUT2D eigenvalue weighted by molar-refractivity contribution is 6.32. The van der Waals surface area contributed by atoms with Crippen LogP contribution in [0.15, 0.2) is 18.2 Å². The first kappa shape index (κ1) is 12.3. The molecule has 0 unspecified atom stereocenters. The normalized spacial score (nSPS) is 9.38. The zero-order valence-electron chi connectivity index (χ0n) is 9.03. The number of carbonyl (C=O) groups excluding carboxylic acids is 1. The fourth-order valence-corrected chi connectivity index (χ4v) is 1.50. The van der Waals surface area contributed by atoms with Crippen LogP contribution in [0.3, 0.4) is 0 Å². The van der Waals surface area contributed by atoms with Crippen molar-refractivity contribution in [1.82, 2.24) is 0 Å². The molecule has 0 aliphatic heterocycles. The molecule has 16 heavy (non-hydrogen) atoms. The van der Waals surface area contributed by atoms with Gasteiger partial charge >= 0.3 is 5.97 Å². The van der Waals surface area contributed by atoms with Crippen molar-refractivity contribution in [2.45, 2.75) is 0 Å². The van der Waals surface area contributed by atoms with E-state index in [0.29, 0.717) is 16.3 Å². The summed E-state index contributed by atoms with van der Waals surface area (Å²) >= 11 is 5.88. The van der Waals surface area contributed by atoms with Crippen LogP contribution in [-0.2, 0) is 9.53 Å². The molecule has 0 saturated heterocycles. The topological polar surface area (TPSA) is 53.3 Å². The largest absolute Gasteiger partial charge is 0.468 e. The molecule has 0 aliphatic carbocycles. The Morgan fingerprint density at radius 3 is 2.88 bits per heavy atom. The van der Waals surface area contributed by atoms with Gasteiger partial charge in [-0.25, -0.2) is 0 Å². The van der Waals surface area contributed by atoms with E-state index >= 15 is 0 Å². The van der Waals surface area contributed by atoms with Crippen LogP contribution in [0.1, 0.15) is 5.56 Å². The first-order valence-electron chi connectivity index (χ1n) is 4.56. The molecule has 1 aromatic carbocycles. The van der Waals surface area contributed by atoms with E-state index in [2.05, 4.69) is 4.74 Å². The molecule has 0 spiro atoms. The van der Waals surface area contributed by atoms with Crippen molar-refractivity contribution in [2.24, 2.45) is 0 Å². The van der Waals surface area contributed by atoms with Crippen molar-refractivity contribution in [3.8, 4) is 6.07 Å². The second-order valence-corrected chi connectivity index (χ2v) is 3.59. The molecule has 5 heteroatoms. The van der Waals surface area contributed by atoms with E-state index in [1.165, 1.54) is 7.11 Å². The average Bonchev–Trinajstić information content (AvgIpc) is 2.28. The van der Waals surface area contributed by atoms with Crippen LogP contribution in [0.4, 0.5) is 5.69 Å². The highest BCUT2D eigenvalue weighted by Crippen LogP contribution is 2.25. The SMILES string of the molecule is COC(=O)CN(C)c1cccc(Cl)c1C#N. The molecule has 0 fully saturated rings. The second kappa shape index (κ2) is 5.38. The Labute approximate surface area is 99.0 Å². The number of nitrogens with zero attached hydrogens (tertiary/aromatic N) is 2. The summed E-state index contributed by atoms with van der Waals surface area (Å²) in [5.41, 5.74) is 0.968. The van der Waals surface area contributed by atoms with Gasteiger partial charge in [-0.3, -0.25) is 4.79 Å². The predicted octanol–water partition coefficient (Wildman–Crippen LogP) is 1.82. The average molecular weight is 239 g/mol. The molecule has 0 bridgehead atoms. The summed E-state index contributed by atoms with van der Waals surface area (Å²) in [6.45, 7) is 0.0749. The van der Waals surface area contributed by atoms with Crippen LogP contribution < -0.4 is 4.90 Å². The number of nitriles is 1. The minimum atomic E-state index is -0.369. The number of esters is 1. The summed E-state index contributed by atoms with van der Waals surface area (Å²) in [7, 11) is 3.02. The van der Waals surface area contributed by atoms with Crippen molar-refractivity contribution in [3.05, 3.63) is 28.8 Å². The van der Waals surface area contributed by atoms with Crippen molar-refractivity contribution in [3.63, 3.8) is 0 Å². The molecule has 0 aromatic heterocycles. The van der Waals surface area contributed by atoms with Gasteiger partial charge < -0.3 is 9.64 Å². The van der Waals surface area contributed by atoms with Crippen molar-refractivity contribution < 1.29 is 9.53 Å². The lowest BCUT2D eigenvalue weighted by atomic mass is 10.2. The van der Waals surface area contributed by atoms with E-state index in [9.17, 15) is 4.79 Å². The number of ether oxygens (including phenoxy) is 1. The van der Waals surface area contributed by atoms with Gasteiger partial charge in [-0.1, -0.05) is 17.7 Å². The standard InChI is InChI=1S/C11H11ClN2O2/c1-14(7-11(15)16-2)10-5-3-4-9(12)8(10)6-13/h3-5H,7H2,1-2H3. The van der Waals surface area contributed by atoms with E-state index in [0.717, 1.165) is 0 Å². The van der Waals surface area contributed by atoms with Gasteiger partial charge in [0.15, 0.2) is 0 Å². The predicted molar refractivity (Wildman–Crippen MR) is 61.5 cm³/mol. The molecule has 0 saturated carbocycles. The lowest BCUT2D eigenvalue weighted by Gasteiger charge is -2.19. The minimum Gasteiger partial charge on any atom is -0.468 e. The third-order valence-electron chi connectivity index (χ3n) is 2.11. The van der Waals surface area contributed by atoms with Gasteiger partial charge in [0.05, 0.1) is 23.4 Å². The summed E-state index contributed by atoms with van der Waals surface area (Å²) in [4.78, 5) is 12.7. The molecule has 0 amide bonds. The van der Waals surface area contributed by atoms with E-state index < -0.39 is 0 Å². The van der Waals surface area contributed by atoms with Gasteiger partial charge in [0, 0.05) is 7.05 Å². The van der Waals surface area contributed by atoms with Gasteiger partial charge in [0.1, 0.15) is 12.6 Å². The van der Waals surface area contributed by atoms with Crippen molar-refractivity contribution in [2.75, 3.05) is 25.6 Å². The number of methoxy groups -OCH3 is 1. The maximum Gasteiger partial charge on any atom is 0.325 e. The Hall–Kier alpha value is -1.73. The maximum absolute atomic E-state index is 11.1. The fourth-order valence-electron chi connectivity index (χ4n) is 1.28. The zero-order valence-corrected chi connectivity index (χ0v) is 9.78. The third kappa shape index (κ3) is 2.65. The number of anilines is 1. The summed E-state index contributed by atoms with van der Waals surface area (Å²) in [6, 6.07) is 7.10. The van der Waals surface area contributed by atoms with E-state index in [1.54, 1.807) is 30.1 Å². The first-order chi connectivity index (χ1) is 7.60. The summed E-state index contributed by atoms with van der Waals surface area (Å²) < 4.78 is 4.55. The quantitative estimate of drug-likeness (QED) is 0.754. The molecule has 0 heterocycles. The maximum atomic E-state index is 11.1. The lowest BCUT2D eigenvalue weighted by Crippen LogP contribution is -2.27. The number of likely N-dealkylation sites (N-methyl/N-ethyl adjacent to an activating group) is 1. The number of benzene rings is 1. The number of carbonyl (C=O) groups is 1. The third-order valence-corrected chi connectivity index (χ3v) is 2.42. The van der Waals surface area contributed by atoms with Crippen LogP contribution in [0, 0.1) is 11.3 Å². The number of hydrogen-bond acceptors (Lipinski definition) is 4. The van der Waals surface area contributed by atoms with Crippen LogP contribution in [-0.4, -0.2) is 26.7 Å². The second-order valence-electron chi connectivity index (χ2n) is 3.18. The highest BCUT2D eigenvalue weighted by Gasteiger charge is 2.13. The van der Waals surface area contributed by atoms with Gasteiger partial charge in [-0.2, -0.15) is 5.26 Å². The molecule has 0 radical (unpaired) electrons. The Morgan fingerprint density at radius 2 is 2.31 bits per heavy atom. The van der Waals surface area contributed by atoms with Gasteiger partial charge in [-0.05, 0) is 12.1 Å². The molecule has 0 aliphatic rings. The van der Waals surface area contributed by atoms with E-state index in [-0.39, 0.29) is 12.5 Å². The van der Waals surface area contributed by atoms with E-state index in [4.69, 9.17) is 16.9 Å².